The summed E-state index contributed by atoms with van der Waals surface area (Å²) in [6.45, 7) is 7.01. The molecule has 0 spiro atoms. The molecule has 0 aromatic carbocycles. The van der Waals surface area contributed by atoms with E-state index in [0.717, 1.165) is 11.3 Å². The van der Waals surface area contributed by atoms with E-state index in [2.05, 4.69) is 20.5 Å². The molecule has 21 heavy (non-hydrogen) atoms. The van der Waals surface area contributed by atoms with E-state index in [4.69, 9.17) is 9.47 Å². The molecule has 0 N–H and O–H groups in total. The van der Waals surface area contributed by atoms with E-state index in [1.807, 2.05) is 6.92 Å². The molecular weight excluding hydrogens is 276 g/mol. The molecule has 9 nitrogen and oxygen atoms in total. The van der Waals surface area contributed by atoms with E-state index in [0.29, 0.717) is 5.82 Å². The molecule has 114 valence electrons. The van der Waals surface area contributed by atoms with E-state index in [1.165, 1.54) is 4.80 Å². The summed E-state index contributed by atoms with van der Waals surface area (Å²) >= 11 is 0. The molecule has 0 bridgehead atoms. The number of nitrogens with zero attached hydrogens (tertiary/aromatic N) is 6. The Bertz CT molecular complexity index is 613. The van der Waals surface area contributed by atoms with Crippen molar-refractivity contribution in [3.05, 3.63) is 11.8 Å². The van der Waals surface area contributed by atoms with Crippen LogP contribution in [0.3, 0.4) is 0 Å². The number of carbonyl (C=O) groups excluding carboxylic acids is 1. The summed E-state index contributed by atoms with van der Waals surface area (Å²) in [6.07, 6.45) is -0.0177. The van der Waals surface area contributed by atoms with Gasteiger partial charge in [0.2, 0.25) is 12.1 Å². The fraction of sp³-hybridized carbons (Fsp3) is 0.583. The maximum Gasteiger partial charge on any atom is 0.510 e. The lowest BCUT2D eigenvalue weighted by molar-refractivity contribution is -0.0197. The molecule has 2 aromatic heterocycles. The highest BCUT2D eigenvalue weighted by Gasteiger charge is 2.19. The third-order valence-electron chi connectivity index (χ3n) is 2.69. The molecule has 0 saturated carbocycles. The number of hydrogen-bond acceptors (Lipinski definition) is 7. The summed E-state index contributed by atoms with van der Waals surface area (Å²) in [5, 5.41) is 16.2. The van der Waals surface area contributed by atoms with Crippen LogP contribution in [0, 0.1) is 6.92 Å². The van der Waals surface area contributed by atoms with E-state index in [-0.39, 0.29) is 6.10 Å². The van der Waals surface area contributed by atoms with Crippen molar-refractivity contribution in [2.75, 3.05) is 0 Å². The first-order valence-electron chi connectivity index (χ1n) is 6.54. The number of aromatic nitrogens is 6. The fourth-order valence-corrected chi connectivity index (χ4v) is 1.75. The van der Waals surface area contributed by atoms with Gasteiger partial charge >= 0.3 is 6.16 Å². The quantitative estimate of drug-likeness (QED) is 0.787. The van der Waals surface area contributed by atoms with Crippen molar-refractivity contribution in [2.45, 2.75) is 40.0 Å². The smallest absolute Gasteiger partial charge is 0.432 e. The van der Waals surface area contributed by atoms with Crippen LogP contribution in [0.4, 0.5) is 4.79 Å². The van der Waals surface area contributed by atoms with Crippen LogP contribution in [0.5, 0.6) is 0 Å². The number of rotatable bonds is 4. The SMILES string of the molecule is Cc1cnn(C)c1-c1nnn(C(C)OC(=O)OC(C)C)n1. The van der Waals surface area contributed by atoms with Crippen molar-refractivity contribution < 1.29 is 14.3 Å². The summed E-state index contributed by atoms with van der Waals surface area (Å²) < 4.78 is 11.6. The summed E-state index contributed by atoms with van der Waals surface area (Å²) in [5.41, 5.74) is 1.70. The second-order valence-electron chi connectivity index (χ2n) is 4.87. The Morgan fingerprint density at radius 1 is 1.29 bits per heavy atom. The summed E-state index contributed by atoms with van der Waals surface area (Å²) in [4.78, 5) is 12.6. The van der Waals surface area contributed by atoms with Gasteiger partial charge in [-0.25, -0.2) is 4.79 Å². The maximum absolute atomic E-state index is 11.4. The molecule has 2 rings (SSSR count). The molecular formula is C12H18N6O3. The second kappa shape index (κ2) is 5.90. The minimum absolute atomic E-state index is 0.249. The maximum atomic E-state index is 11.4. The first-order valence-corrected chi connectivity index (χ1v) is 6.54. The Kier molecular flexibility index (Phi) is 4.20. The van der Waals surface area contributed by atoms with Gasteiger partial charge < -0.3 is 9.47 Å². The second-order valence-corrected chi connectivity index (χ2v) is 4.87. The molecule has 2 aromatic rings. The van der Waals surface area contributed by atoms with Crippen molar-refractivity contribution >= 4 is 6.16 Å². The summed E-state index contributed by atoms with van der Waals surface area (Å²) in [6, 6.07) is 0. The Morgan fingerprint density at radius 2 is 2.00 bits per heavy atom. The number of aryl methyl sites for hydroxylation is 2. The third kappa shape index (κ3) is 3.36. The van der Waals surface area contributed by atoms with E-state index >= 15 is 0 Å². The Labute approximate surface area is 121 Å². The third-order valence-corrected chi connectivity index (χ3v) is 2.69. The molecule has 0 aliphatic carbocycles. The lowest BCUT2D eigenvalue weighted by Crippen LogP contribution is -2.20. The van der Waals surface area contributed by atoms with Gasteiger partial charge in [0.25, 0.3) is 0 Å². The lowest BCUT2D eigenvalue weighted by Gasteiger charge is -2.12. The fourth-order valence-electron chi connectivity index (χ4n) is 1.75. The van der Waals surface area contributed by atoms with Gasteiger partial charge in [0.1, 0.15) is 5.69 Å². The lowest BCUT2D eigenvalue weighted by atomic mass is 10.3. The van der Waals surface area contributed by atoms with E-state index in [9.17, 15) is 4.79 Å². The van der Waals surface area contributed by atoms with Gasteiger partial charge in [-0.05, 0) is 38.5 Å². The van der Waals surface area contributed by atoms with Gasteiger partial charge in [-0.2, -0.15) is 5.10 Å². The van der Waals surface area contributed by atoms with Crippen molar-refractivity contribution in [2.24, 2.45) is 7.05 Å². The zero-order valence-corrected chi connectivity index (χ0v) is 12.6. The Balaban J connectivity index is 2.11. The van der Waals surface area contributed by atoms with Crippen molar-refractivity contribution in [3.63, 3.8) is 0 Å². The molecule has 0 fully saturated rings. The normalized spacial score (nSPS) is 12.5. The Morgan fingerprint density at radius 3 is 2.57 bits per heavy atom. The largest absolute Gasteiger partial charge is 0.510 e. The summed E-state index contributed by atoms with van der Waals surface area (Å²) in [7, 11) is 1.79. The van der Waals surface area contributed by atoms with Gasteiger partial charge in [0.15, 0.2) is 0 Å². The molecule has 0 amide bonds. The van der Waals surface area contributed by atoms with E-state index in [1.54, 1.807) is 38.7 Å². The van der Waals surface area contributed by atoms with Gasteiger partial charge in [-0.1, -0.05) is 0 Å². The molecule has 2 heterocycles. The van der Waals surface area contributed by atoms with Crippen LogP contribution >= 0.6 is 0 Å². The predicted molar refractivity (Wildman–Crippen MR) is 72.2 cm³/mol. The highest BCUT2D eigenvalue weighted by Crippen LogP contribution is 2.18. The first kappa shape index (κ1) is 14.9. The van der Waals surface area contributed by atoms with E-state index < -0.39 is 12.4 Å². The summed E-state index contributed by atoms with van der Waals surface area (Å²) in [5.74, 6) is 0.417. The number of carbonyl (C=O) groups is 1. The van der Waals surface area contributed by atoms with Gasteiger partial charge in [0.05, 0.1) is 12.3 Å². The van der Waals surface area contributed by atoms with Crippen LogP contribution in [0.1, 0.15) is 32.6 Å². The van der Waals surface area contributed by atoms with Crippen LogP contribution in [0.2, 0.25) is 0 Å². The molecule has 9 heteroatoms. The topological polar surface area (TPSA) is 97.0 Å². The van der Waals surface area contributed by atoms with Crippen LogP contribution in [-0.2, 0) is 16.5 Å². The van der Waals surface area contributed by atoms with Crippen molar-refractivity contribution in [1.82, 2.24) is 30.0 Å². The number of ether oxygens (including phenoxy) is 2. The molecule has 0 aliphatic rings. The number of hydrogen-bond donors (Lipinski definition) is 0. The molecule has 1 unspecified atom stereocenters. The monoisotopic (exact) mass is 294 g/mol. The van der Waals surface area contributed by atoms with Crippen LogP contribution in [0.25, 0.3) is 11.5 Å². The molecule has 1 atom stereocenters. The van der Waals surface area contributed by atoms with Gasteiger partial charge in [-0.3, -0.25) is 4.68 Å². The van der Waals surface area contributed by atoms with Crippen LogP contribution in [-0.4, -0.2) is 42.2 Å². The number of tetrazole rings is 1. The molecule has 0 radical (unpaired) electrons. The molecule has 0 aliphatic heterocycles. The van der Waals surface area contributed by atoms with Crippen molar-refractivity contribution in [1.29, 1.82) is 0 Å². The van der Waals surface area contributed by atoms with Gasteiger partial charge in [-0.15, -0.1) is 15.0 Å². The van der Waals surface area contributed by atoms with Crippen molar-refractivity contribution in [3.8, 4) is 11.5 Å². The average Bonchev–Trinajstić information content (AvgIpc) is 2.95. The standard InChI is InChI=1S/C12H18N6O3/c1-7(2)20-12(19)21-9(4)18-15-11(14-16-18)10-8(3)6-13-17(10)5/h6-7,9H,1-5H3. The first-order chi connectivity index (χ1) is 9.88. The average molecular weight is 294 g/mol. The Hall–Kier alpha value is -2.45. The van der Waals surface area contributed by atoms with Gasteiger partial charge in [0, 0.05) is 7.05 Å². The van der Waals surface area contributed by atoms with Crippen LogP contribution < -0.4 is 0 Å². The molecule has 0 saturated heterocycles. The predicted octanol–water partition coefficient (Wildman–Crippen LogP) is 1.46. The minimum atomic E-state index is -0.770. The zero-order valence-electron chi connectivity index (χ0n) is 12.6. The van der Waals surface area contributed by atoms with Crippen LogP contribution in [0.15, 0.2) is 6.20 Å². The highest BCUT2D eigenvalue weighted by atomic mass is 16.7. The minimum Gasteiger partial charge on any atom is -0.432 e. The zero-order chi connectivity index (χ0) is 15.6. The highest BCUT2D eigenvalue weighted by molar-refractivity contribution is 5.60.